The molecule has 8 heteroatoms. The average molecular weight is 317 g/mol. The van der Waals surface area contributed by atoms with Gasteiger partial charge in [0.05, 0.1) is 11.4 Å². The van der Waals surface area contributed by atoms with Crippen LogP contribution in [-0.2, 0) is 14.8 Å². The summed E-state index contributed by atoms with van der Waals surface area (Å²) in [6.45, 7) is 4.59. The Bertz CT molecular complexity index is 644. The van der Waals surface area contributed by atoms with Gasteiger partial charge in [-0.1, -0.05) is 13.8 Å². The number of carbonyl (C=O) groups is 1. The van der Waals surface area contributed by atoms with Crippen LogP contribution in [0.1, 0.15) is 19.4 Å². The molecule has 21 heavy (non-hydrogen) atoms. The van der Waals surface area contributed by atoms with E-state index in [1.807, 2.05) is 0 Å². The summed E-state index contributed by atoms with van der Waals surface area (Å²) in [5, 5.41) is 0. The van der Waals surface area contributed by atoms with Crippen LogP contribution in [0.3, 0.4) is 0 Å². The molecule has 0 aliphatic rings. The second-order valence-corrected chi connectivity index (χ2v) is 7.19. The molecule has 1 aromatic carbocycles. The molecule has 0 fully saturated rings. The largest absolute Gasteiger partial charge is 0.399 e. The summed E-state index contributed by atoms with van der Waals surface area (Å²) < 4.78 is 39.9. The molecule has 1 rings (SSSR count). The normalized spacial score (nSPS) is 12.1. The first-order chi connectivity index (χ1) is 9.55. The van der Waals surface area contributed by atoms with E-state index < -0.39 is 28.3 Å². The number of nitrogens with zero attached hydrogens (tertiary/aromatic N) is 1. The topological polar surface area (TPSA) is 106 Å². The zero-order chi connectivity index (χ0) is 16.4. The Morgan fingerprint density at radius 3 is 2.43 bits per heavy atom. The lowest BCUT2D eigenvalue weighted by Crippen LogP contribution is -2.40. The molecule has 0 unspecified atom stereocenters. The molecular weight excluding hydrogens is 297 g/mol. The molecule has 0 heterocycles. The second-order valence-electron chi connectivity index (χ2n) is 5.28. The predicted molar refractivity (Wildman–Crippen MR) is 78.3 cm³/mol. The van der Waals surface area contributed by atoms with Crippen LogP contribution in [0.2, 0.25) is 0 Å². The van der Waals surface area contributed by atoms with E-state index in [1.165, 1.54) is 13.0 Å². The highest BCUT2D eigenvalue weighted by Gasteiger charge is 2.29. The molecular formula is C13H20FN3O3S. The van der Waals surface area contributed by atoms with Crippen molar-refractivity contribution in [1.29, 1.82) is 0 Å². The van der Waals surface area contributed by atoms with Crippen molar-refractivity contribution >= 4 is 21.6 Å². The third-order valence-corrected chi connectivity index (χ3v) is 4.78. The van der Waals surface area contributed by atoms with E-state index in [2.05, 4.69) is 0 Å². The summed E-state index contributed by atoms with van der Waals surface area (Å²) in [5.74, 6) is -1.51. The van der Waals surface area contributed by atoms with Crippen LogP contribution in [0.4, 0.5) is 10.1 Å². The first kappa shape index (κ1) is 17.4. The number of hydrogen-bond acceptors (Lipinski definition) is 4. The molecule has 0 atom stereocenters. The minimum absolute atomic E-state index is 0.000229. The molecule has 1 amide bonds. The van der Waals surface area contributed by atoms with Gasteiger partial charge in [-0.15, -0.1) is 0 Å². The third-order valence-electron chi connectivity index (χ3n) is 2.84. The number of nitrogens with two attached hydrogens (primary N) is 2. The number of amides is 1. The molecule has 0 aliphatic carbocycles. The van der Waals surface area contributed by atoms with Gasteiger partial charge in [-0.05, 0) is 25.0 Å². The Morgan fingerprint density at radius 1 is 1.38 bits per heavy atom. The fourth-order valence-corrected chi connectivity index (χ4v) is 3.75. The van der Waals surface area contributed by atoms with Crippen LogP contribution in [-0.4, -0.2) is 31.7 Å². The Labute approximate surface area is 124 Å². The lowest BCUT2D eigenvalue weighted by Gasteiger charge is -2.23. The number of hydrogen-bond donors (Lipinski definition) is 2. The number of rotatable bonds is 6. The Morgan fingerprint density at radius 2 is 1.95 bits per heavy atom. The number of anilines is 1. The summed E-state index contributed by atoms with van der Waals surface area (Å²) >= 11 is 0. The van der Waals surface area contributed by atoms with Crippen LogP contribution in [0.15, 0.2) is 17.0 Å². The van der Waals surface area contributed by atoms with Crippen molar-refractivity contribution in [3.63, 3.8) is 0 Å². The molecule has 0 radical (unpaired) electrons. The van der Waals surface area contributed by atoms with Crippen molar-refractivity contribution in [3.8, 4) is 0 Å². The highest BCUT2D eigenvalue weighted by molar-refractivity contribution is 7.89. The number of nitrogen functional groups attached to an aromatic ring is 1. The van der Waals surface area contributed by atoms with Crippen molar-refractivity contribution in [1.82, 2.24) is 4.31 Å². The van der Waals surface area contributed by atoms with E-state index in [-0.39, 0.29) is 28.6 Å². The molecule has 4 N–H and O–H groups in total. The molecule has 0 bridgehead atoms. The number of halogens is 1. The van der Waals surface area contributed by atoms with Gasteiger partial charge in [-0.2, -0.15) is 4.31 Å². The Balaban J connectivity index is 3.38. The van der Waals surface area contributed by atoms with Gasteiger partial charge in [0.15, 0.2) is 0 Å². The predicted octanol–water partition coefficient (Wildman–Crippen LogP) is 0.848. The SMILES string of the molecule is Cc1c(F)cc(N)cc1S(=O)(=O)N(CC(N)=O)CC(C)C. The highest BCUT2D eigenvalue weighted by atomic mass is 32.2. The van der Waals surface area contributed by atoms with Crippen LogP contribution in [0, 0.1) is 18.7 Å². The summed E-state index contributed by atoms with van der Waals surface area (Å²) in [7, 11) is -4.05. The van der Waals surface area contributed by atoms with E-state index in [9.17, 15) is 17.6 Å². The lowest BCUT2D eigenvalue weighted by atomic mass is 10.2. The molecule has 1 aromatic rings. The van der Waals surface area contributed by atoms with Crippen molar-refractivity contribution < 1.29 is 17.6 Å². The lowest BCUT2D eigenvalue weighted by molar-refractivity contribution is -0.118. The van der Waals surface area contributed by atoms with Gasteiger partial charge in [-0.3, -0.25) is 4.79 Å². The quantitative estimate of drug-likeness (QED) is 0.758. The molecule has 6 nitrogen and oxygen atoms in total. The van der Waals surface area contributed by atoms with E-state index >= 15 is 0 Å². The summed E-state index contributed by atoms with van der Waals surface area (Å²) in [6.07, 6.45) is 0. The van der Waals surface area contributed by atoms with Gasteiger partial charge in [0, 0.05) is 17.8 Å². The highest BCUT2D eigenvalue weighted by Crippen LogP contribution is 2.25. The van der Waals surface area contributed by atoms with Crippen molar-refractivity contribution in [2.75, 3.05) is 18.8 Å². The van der Waals surface area contributed by atoms with Crippen molar-refractivity contribution in [2.24, 2.45) is 11.7 Å². The number of benzene rings is 1. The molecule has 0 aliphatic heterocycles. The fraction of sp³-hybridized carbons (Fsp3) is 0.462. The maximum Gasteiger partial charge on any atom is 0.243 e. The van der Waals surface area contributed by atoms with Crippen LogP contribution >= 0.6 is 0 Å². The standard InChI is InChI=1S/C13H20FN3O3S/c1-8(2)6-17(7-13(16)18)21(19,20)12-5-10(15)4-11(14)9(12)3/h4-5,8H,6-7,15H2,1-3H3,(H2,16,18). The van der Waals surface area contributed by atoms with Gasteiger partial charge in [0.2, 0.25) is 15.9 Å². The van der Waals surface area contributed by atoms with E-state index in [0.717, 1.165) is 10.4 Å². The molecule has 0 spiro atoms. The Hall–Kier alpha value is -1.67. The first-order valence-corrected chi connectivity index (χ1v) is 7.83. The molecule has 0 saturated heterocycles. The zero-order valence-corrected chi connectivity index (χ0v) is 13.1. The second kappa shape index (κ2) is 6.40. The summed E-state index contributed by atoms with van der Waals surface area (Å²) in [6, 6.07) is 2.23. The van der Waals surface area contributed by atoms with Crippen LogP contribution < -0.4 is 11.5 Å². The Kier molecular flexibility index (Phi) is 5.30. The average Bonchev–Trinajstić information content (AvgIpc) is 2.31. The van der Waals surface area contributed by atoms with E-state index in [4.69, 9.17) is 11.5 Å². The summed E-state index contributed by atoms with van der Waals surface area (Å²) in [5.41, 5.74) is 10.6. The summed E-state index contributed by atoms with van der Waals surface area (Å²) in [4.78, 5) is 10.9. The number of sulfonamides is 1. The number of primary amides is 1. The van der Waals surface area contributed by atoms with E-state index in [1.54, 1.807) is 13.8 Å². The maximum absolute atomic E-state index is 13.7. The smallest absolute Gasteiger partial charge is 0.243 e. The molecule has 118 valence electrons. The molecule has 0 aromatic heterocycles. The molecule has 0 saturated carbocycles. The minimum atomic E-state index is -4.05. The van der Waals surface area contributed by atoms with Crippen molar-refractivity contribution in [3.05, 3.63) is 23.5 Å². The van der Waals surface area contributed by atoms with Gasteiger partial charge >= 0.3 is 0 Å². The zero-order valence-electron chi connectivity index (χ0n) is 12.3. The minimum Gasteiger partial charge on any atom is -0.399 e. The van der Waals surface area contributed by atoms with Gasteiger partial charge < -0.3 is 11.5 Å². The van der Waals surface area contributed by atoms with E-state index in [0.29, 0.717) is 0 Å². The van der Waals surface area contributed by atoms with Gasteiger partial charge in [0.1, 0.15) is 5.82 Å². The van der Waals surface area contributed by atoms with Crippen LogP contribution in [0.5, 0.6) is 0 Å². The fourth-order valence-electron chi connectivity index (χ4n) is 1.91. The first-order valence-electron chi connectivity index (χ1n) is 6.39. The maximum atomic E-state index is 13.7. The third kappa shape index (κ3) is 4.15. The van der Waals surface area contributed by atoms with Gasteiger partial charge in [0.25, 0.3) is 0 Å². The van der Waals surface area contributed by atoms with Crippen LogP contribution in [0.25, 0.3) is 0 Å². The van der Waals surface area contributed by atoms with Gasteiger partial charge in [-0.25, -0.2) is 12.8 Å². The number of carbonyl (C=O) groups excluding carboxylic acids is 1. The van der Waals surface area contributed by atoms with Crippen molar-refractivity contribution in [2.45, 2.75) is 25.7 Å². The monoisotopic (exact) mass is 317 g/mol.